The van der Waals surface area contributed by atoms with E-state index >= 15 is 0 Å². The fourth-order valence-electron chi connectivity index (χ4n) is 3.96. The van der Waals surface area contributed by atoms with Crippen molar-refractivity contribution in [1.29, 1.82) is 0 Å². The first-order valence-electron chi connectivity index (χ1n) is 11.4. The number of nitrogen functional groups attached to an aromatic ring is 1. The predicted octanol–water partition coefficient (Wildman–Crippen LogP) is 5.59. The molecule has 0 atom stereocenters. The molecule has 10 heteroatoms. The third kappa shape index (κ3) is 4.30. The Morgan fingerprint density at radius 2 is 1.70 bits per heavy atom. The summed E-state index contributed by atoms with van der Waals surface area (Å²) < 4.78 is 7.81. The van der Waals surface area contributed by atoms with Gasteiger partial charge < -0.3 is 21.1 Å². The van der Waals surface area contributed by atoms with E-state index in [4.69, 9.17) is 15.5 Å². The molecule has 0 saturated heterocycles. The minimum absolute atomic E-state index is 0.260. The molecule has 3 heterocycles. The van der Waals surface area contributed by atoms with E-state index in [0.29, 0.717) is 28.5 Å². The number of ether oxygens (including phenoxy) is 1. The van der Waals surface area contributed by atoms with Gasteiger partial charge in [-0.2, -0.15) is 0 Å². The lowest BCUT2D eigenvalue weighted by molar-refractivity contribution is 0.102. The summed E-state index contributed by atoms with van der Waals surface area (Å²) in [6.45, 7) is 0. The third-order valence-corrected chi connectivity index (χ3v) is 6.84. The van der Waals surface area contributed by atoms with E-state index in [1.807, 2.05) is 54.6 Å². The number of carbonyl (C=O) groups is 1. The van der Waals surface area contributed by atoms with E-state index in [1.54, 1.807) is 42.1 Å². The van der Waals surface area contributed by atoms with Gasteiger partial charge in [-0.15, -0.1) is 16.4 Å². The molecule has 4 N–H and O–H groups in total. The number of anilines is 4. The number of rotatable bonds is 6. The van der Waals surface area contributed by atoms with Gasteiger partial charge in [0.05, 0.1) is 22.9 Å². The Bertz CT molecular complexity index is 1710. The number of fused-ring (bicyclic) bond motifs is 2. The fourth-order valence-corrected chi connectivity index (χ4v) is 4.94. The van der Waals surface area contributed by atoms with Crippen molar-refractivity contribution in [3.8, 4) is 16.3 Å². The van der Waals surface area contributed by atoms with E-state index in [-0.39, 0.29) is 17.3 Å². The zero-order valence-electron chi connectivity index (χ0n) is 19.7. The molecular formula is C27H21N7O2S. The lowest BCUT2D eigenvalue weighted by atomic mass is 10.2. The summed E-state index contributed by atoms with van der Waals surface area (Å²) in [6, 6.07) is 24.4. The monoisotopic (exact) mass is 507 g/mol. The van der Waals surface area contributed by atoms with Gasteiger partial charge in [0, 0.05) is 17.6 Å². The highest BCUT2D eigenvalue weighted by atomic mass is 32.1. The smallest absolute Gasteiger partial charge is 0.263 e. The zero-order valence-corrected chi connectivity index (χ0v) is 20.5. The number of benzene rings is 3. The number of aromatic nitrogens is 4. The average Bonchev–Trinajstić information content (AvgIpc) is 3.50. The Balaban J connectivity index is 1.45. The van der Waals surface area contributed by atoms with Crippen molar-refractivity contribution in [3.05, 3.63) is 90.6 Å². The van der Waals surface area contributed by atoms with E-state index in [9.17, 15) is 4.79 Å². The Hall–Kier alpha value is -4.96. The molecule has 0 bridgehead atoms. The summed E-state index contributed by atoms with van der Waals surface area (Å²) in [5.74, 6) is 0.928. The van der Waals surface area contributed by atoms with E-state index in [0.717, 1.165) is 20.9 Å². The van der Waals surface area contributed by atoms with Crippen LogP contribution in [-0.4, -0.2) is 32.6 Å². The maximum atomic E-state index is 13.5. The van der Waals surface area contributed by atoms with Crippen molar-refractivity contribution in [2.75, 3.05) is 23.5 Å². The van der Waals surface area contributed by atoms with Crippen molar-refractivity contribution in [2.45, 2.75) is 0 Å². The van der Waals surface area contributed by atoms with Gasteiger partial charge in [-0.05, 0) is 48.5 Å². The molecule has 0 aliphatic carbocycles. The topological polar surface area (TPSA) is 119 Å². The van der Waals surface area contributed by atoms with Crippen LogP contribution < -0.4 is 21.1 Å². The summed E-state index contributed by atoms with van der Waals surface area (Å²) in [6.07, 6.45) is 1.76. The quantitative estimate of drug-likeness (QED) is 0.269. The van der Waals surface area contributed by atoms with Crippen LogP contribution in [0.2, 0.25) is 0 Å². The molecule has 6 aromatic rings. The molecule has 0 fully saturated rings. The second-order valence-corrected chi connectivity index (χ2v) is 9.22. The van der Waals surface area contributed by atoms with Gasteiger partial charge in [0.2, 0.25) is 0 Å². The number of para-hydroxylation sites is 2. The van der Waals surface area contributed by atoms with Crippen LogP contribution in [0.15, 0.2) is 85.1 Å². The van der Waals surface area contributed by atoms with Crippen LogP contribution >= 0.6 is 11.3 Å². The average molecular weight is 508 g/mol. The largest absolute Gasteiger partial charge is 0.497 e. The van der Waals surface area contributed by atoms with Gasteiger partial charge in [-0.1, -0.05) is 30.3 Å². The fraction of sp³-hybridized carbons (Fsp3) is 0.0370. The van der Waals surface area contributed by atoms with Crippen LogP contribution in [0, 0.1) is 0 Å². The van der Waals surface area contributed by atoms with E-state index < -0.39 is 0 Å². The number of nitrogens with zero attached hydrogens (tertiary/aromatic N) is 4. The van der Waals surface area contributed by atoms with Crippen LogP contribution in [0.3, 0.4) is 0 Å². The molecule has 1 amide bonds. The molecule has 37 heavy (non-hydrogen) atoms. The predicted molar refractivity (Wildman–Crippen MR) is 147 cm³/mol. The maximum absolute atomic E-state index is 13.5. The summed E-state index contributed by atoms with van der Waals surface area (Å²) >= 11 is 1.52. The van der Waals surface area contributed by atoms with Crippen LogP contribution in [-0.2, 0) is 0 Å². The number of nitrogens with two attached hydrogens (primary N) is 1. The minimum Gasteiger partial charge on any atom is -0.497 e. The molecule has 3 aromatic heterocycles. The van der Waals surface area contributed by atoms with Gasteiger partial charge in [0.15, 0.2) is 11.5 Å². The Kier molecular flexibility index (Phi) is 5.62. The number of hydrogen-bond donors (Lipinski definition) is 3. The first-order valence-corrected chi connectivity index (χ1v) is 12.2. The highest BCUT2D eigenvalue weighted by Crippen LogP contribution is 2.34. The van der Waals surface area contributed by atoms with Crippen molar-refractivity contribution in [3.63, 3.8) is 0 Å². The zero-order chi connectivity index (χ0) is 25.4. The molecule has 182 valence electrons. The van der Waals surface area contributed by atoms with E-state index in [2.05, 4.69) is 20.7 Å². The lowest BCUT2D eigenvalue weighted by Crippen LogP contribution is -2.14. The molecule has 0 saturated carbocycles. The first kappa shape index (κ1) is 22.5. The van der Waals surface area contributed by atoms with Crippen LogP contribution in [0.4, 0.5) is 23.0 Å². The normalized spacial score (nSPS) is 11.1. The molecule has 6 rings (SSSR count). The third-order valence-electron chi connectivity index (χ3n) is 5.77. The number of thiazole rings is 1. The molecule has 3 aromatic carbocycles. The highest BCUT2D eigenvalue weighted by molar-refractivity contribution is 7.21. The van der Waals surface area contributed by atoms with Crippen LogP contribution in [0.1, 0.15) is 10.4 Å². The molecule has 0 aliphatic rings. The van der Waals surface area contributed by atoms with Crippen molar-refractivity contribution in [2.24, 2.45) is 0 Å². The molecular weight excluding hydrogens is 486 g/mol. The number of carbonyl (C=O) groups excluding carboxylic acids is 1. The summed E-state index contributed by atoms with van der Waals surface area (Å²) in [5.41, 5.74) is 9.91. The lowest BCUT2D eigenvalue weighted by Gasteiger charge is -2.08. The maximum Gasteiger partial charge on any atom is 0.263 e. The summed E-state index contributed by atoms with van der Waals surface area (Å²) in [4.78, 5) is 22.8. The molecule has 0 aliphatic heterocycles. The number of amides is 1. The number of methoxy groups -OCH3 is 1. The van der Waals surface area contributed by atoms with Gasteiger partial charge >= 0.3 is 0 Å². The second-order valence-electron chi connectivity index (χ2n) is 8.19. The number of hydrogen-bond acceptors (Lipinski definition) is 8. The molecule has 0 radical (unpaired) electrons. The van der Waals surface area contributed by atoms with Crippen LogP contribution in [0.25, 0.3) is 26.4 Å². The van der Waals surface area contributed by atoms with Crippen molar-refractivity contribution >= 4 is 56.1 Å². The van der Waals surface area contributed by atoms with Gasteiger partial charge in [-0.3, -0.25) is 4.79 Å². The first-order chi connectivity index (χ1) is 18.1. The summed E-state index contributed by atoms with van der Waals surface area (Å²) in [5, 5.41) is 11.5. The van der Waals surface area contributed by atoms with Crippen LogP contribution in [0.5, 0.6) is 5.75 Å². The van der Waals surface area contributed by atoms with Crippen molar-refractivity contribution in [1.82, 2.24) is 19.6 Å². The number of nitrogens with one attached hydrogen (secondary N) is 2. The second kappa shape index (κ2) is 9.25. The van der Waals surface area contributed by atoms with Crippen molar-refractivity contribution < 1.29 is 9.53 Å². The minimum atomic E-state index is -0.377. The molecule has 0 spiro atoms. The molecule has 0 unspecified atom stereocenters. The summed E-state index contributed by atoms with van der Waals surface area (Å²) in [7, 11) is 1.59. The Morgan fingerprint density at radius 1 is 0.946 bits per heavy atom. The van der Waals surface area contributed by atoms with Gasteiger partial charge in [0.25, 0.3) is 5.91 Å². The SMILES string of the molecule is COc1ccc(NC(=O)c2c(Nc3ccccc3)nn3cc(-c4nc5ccccc5s4)c(N)nc23)cc1. The highest BCUT2D eigenvalue weighted by Gasteiger charge is 2.24. The Labute approximate surface area is 215 Å². The standard InChI is InChI=1S/C27H21N7O2S/c1-36-18-13-11-17(12-14-18)30-26(35)22-24(29-16-7-3-2-4-8-16)33-34-15-19(23(28)32-25(22)34)27-31-20-9-5-6-10-21(20)37-27/h2-15H,1H3,(H2,28,32)(H,29,33)(H,30,35). The van der Waals surface area contributed by atoms with Gasteiger partial charge in [0.1, 0.15) is 22.1 Å². The Morgan fingerprint density at radius 3 is 2.46 bits per heavy atom. The molecule has 9 nitrogen and oxygen atoms in total. The van der Waals surface area contributed by atoms with E-state index in [1.165, 1.54) is 11.3 Å². The van der Waals surface area contributed by atoms with Gasteiger partial charge in [-0.25, -0.2) is 14.5 Å².